The van der Waals surface area contributed by atoms with Crippen molar-refractivity contribution in [1.29, 1.82) is 0 Å². The number of Topliss-reactive ketones (excluding diaryl/α,β-unsaturated/α-hetero) is 1. The van der Waals surface area contributed by atoms with Crippen LogP contribution >= 0.6 is 23.4 Å². The van der Waals surface area contributed by atoms with E-state index in [9.17, 15) is 4.79 Å². The van der Waals surface area contributed by atoms with E-state index in [-0.39, 0.29) is 5.78 Å². The molecule has 0 unspecified atom stereocenters. The molecule has 3 rings (SSSR count). The number of hydrogen-bond acceptors (Lipinski definition) is 4. The minimum atomic E-state index is 0.192. The summed E-state index contributed by atoms with van der Waals surface area (Å²) in [4.78, 5) is 16.6. The van der Waals surface area contributed by atoms with Crippen molar-refractivity contribution >= 4 is 40.2 Å². The Morgan fingerprint density at radius 1 is 1.20 bits per heavy atom. The molecule has 0 spiro atoms. The Balaban J connectivity index is 1.69. The summed E-state index contributed by atoms with van der Waals surface area (Å²) < 4.78 is 7.71. The van der Waals surface area contributed by atoms with Gasteiger partial charge in [-0.1, -0.05) is 54.6 Å². The predicted octanol–water partition coefficient (Wildman–Crippen LogP) is 4.84. The largest absolute Gasteiger partial charge is 0.491 e. The van der Waals surface area contributed by atoms with E-state index >= 15 is 0 Å². The van der Waals surface area contributed by atoms with Crippen molar-refractivity contribution in [2.75, 3.05) is 12.4 Å². The molecule has 0 saturated carbocycles. The highest BCUT2D eigenvalue weighted by Gasteiger charge is 2.13. The van der Waals surface area contributed by atoms with Gasteiger partial charge in [0, 0.05) is 12.2 Å². The molecule has 0 aliphatic carbocycles. The molecule has 4 nitrogen and oxygen atoms in total. The van der Waals surface area contributed by atoms with Gasteiger partial charge < -0.3 is 9.30 Å². The molecule has 0 saturated heterocycles. The highest BCUT2D eigenvalue weighted by Crippen LogP contribution is 2.26. The van der Waals surface area contributed by atoms with Crippen LogP contribution in [0.3, 0.4) is 0 Å². The molecule has 0 bridgehead atoms. The topological polar surface area (TPSA) is 44.1 Å². The quantitative estimate of drug-likeness (QED) is 0.418. The second-order valence-corrected chi connectivity index (χ2v) is 6.96. The van der Waals surface area contributed by atoms with Gasteiger partial charge >= 0.3 is 0 Å². The van der Waals surface area contributed by atoms with E-state index in [2.05, 4.69) is 4.98 Å². The van der Waals surface area contributed by atoms with Gasteiger partial charge in [0.1, 0.15) is 5.75 Å². The number of halogens is 1. The van der Waals surface area contributed by atoms with Crippen LogP contribution in [0.1, 0.15) is 13.3 Å². The zero-order valence-electron chi connectivity index (χ0n) is 13.9. The van der Waals surface area contributed by atoms with E-state index in [0.717, 1.165) is 21.9 Å². The maximum Gasteiger partial charge on any atom is 0.169 e. The van der Waals surface area contributed by atoms with Gasteiger partial charge in [0.15, 0.2) is 10.9 Å². The van der Waals surface area contributed by atoms with Crippen molar-refractivity contribution in [3.8, 4) is 5.75 Å². The van der Waals surface area contributed by atoms with Gasteiger partial charge in [-0.3, -0.25) is 4.79 Å². The van der Waals surface area contributed by atoms with Crippen molar-refractivity contribution in [3.63, 3.8) is 0 Å². The molecule has 25 heavy (non-hydrogen) atoms. The zero-order valence-corrected chi connectivity index (χ0v) is 15.5. The lowest BCUT2D eigenvalue weighted by Gasteiger charge is -2.09. The summed E-state index contributed by atoms with van der Waals surface area (Å²) in [5, 5.41) is 1.44. The van der Waals surface area contributed by atoms with E-state index in [1.165, 1.54) is 0 Å². The van der Waals surface area contributed by atoms with Crippen LogP contribution in [-0.4, -0.2) is 27.7 Å². The molecule has 3 aromatic rings. The zero-order chi connectivity index (χ0) is 17.6. The molecule has 6 heteroatoms. The molecule has 0 radical (unpaired) electrons. The van der Waals surface area contributed by atoms with Crippen LogP contribution in [0, 0.1) is 0 Å². The first-order valence-corrected chi connectivity index (χ1v) is 9.52. The molecule has 0 atom stereocenters. The molecular formula is C19H19ClN2O2S. The molecule has 1 heterocycles. The standard InChI is InChI=1S/C19H19ClN2O2S/c1-2-14(23)13-22-17-9-5-4-8-16(17)21-19(22)25-12-11-24-18-10-6-3-7-15(18)20/h3-10H,2,11-13H2,1H3. The number of carbonyl (C=O) groups is 1. The summed E-state index contributed by atoms with van der Waals surface area (Å²) in [7, 11) is 0. The summed E-state index contributed by atoms with van der Waals surface area (Å²) >= 11 is 7.67. The van der Waals surface area contributed by atoms with Crippen molar-refractivity contribution in [2.24, 2.45) is 0 Å². The Labute approximate surface area is 156 Å². The Morgan fingerprint density at radius 3 is 2.76 bits per heavy atom. The summed E-state index contributed by atoms with van der Waals surface area (Å²) in [6.45, 7) is 2.75. The van der Waals surface area contributed by atoms with Crippen molar-refractivity contribution < 1.29 is 9.53 Å². The molecule has 0 N–H and O–H groups in total. The lowest BCUT2D eigenvalue weighted by molar-refractivity contribution is -0.119. The Morgan fingerprint density at radius 2 is 1.96 bits per heavy atom. The average molecular weight is 375 g/mol. The Bertz CT molecular complexity index is 879. The Hall–Kier alpha value is -1.98. The smallest absolute Gasteiger partial charge is 0.169 e. The number of rotatable bonds is 8. The SMILES string of the molecule is CCC(=O)Cn1c(SCCOc2ccccc2Cl)nc2ccccc21. The summed E-state index contributed by atoms with van der Waals surface area (Å²) in [6.07, 6.45) is 0.520. The number of para-hydroxylation sites is 3. The van der Waals surface area contributed by atoms with Crippen molar-refractivity contribution in [2.45, 2.75) is 25.0 Å². The minimum Gasteiger partial charge on any atom is -0.491 e. The fourth-order valence-electron chi connectivity index (χ4n) is 2.45. The number of ether oxygens (including phenoxy) is 1. The van der Waals surface area contributed by atoms with Gasteiger partial charge in [-0.05, 0) is 24.3 Å². The molecular weight excluding hydrogens is 356 g/mol. The maximum atomic E-state index is 11.9. The molecule has 1 aromatic heterocycles. The van der Waals surface area contributed by atoms with Gasteiger partial charge in [-0.25, -0.2) is 4.98 Å². The van der Waals surface area contributed by atoms with Gasteiger partial charge in [0.05, 0.1) is 29.2 Å². The van der Waals surface area contributed by atoms with Gasteiger partial charge in [0.2, 0.25) is 0 Å². The first-order chi connectivity index (χ1) is 12.2. The monoisotopic (exact) mass is 374 g/mol. The van der Waals surface area contributed by atoms with Crippen LogP contribution in [0.2, 0.25) is 5.02 Å². The highest BCUT2D eigenvalue weighted by molar-refractivity contribution is 7.99. The summed E-state index contributed by atoms with van der Waals surface area (Å²) in [6, 6.07) is 15.3. The summed E-state index contributed by atoms with van der Waals surface area (Å²) in [5.74, 6) is 1.59. The lowest BCUT2D eigenvalue weighted by Crippen LogP contribution is -2.10. The number of nitrogens with zero attached hydrogens (tertiary/aromatic N) is 2. The van der Waals surface area contributed by atoms with Crippen LogP contribution in [0.25, 0.3) is 11.0 Å². The first kappa shape index (κ1) is 17.8. The second-order valence-electron chi connectivity index (χ2n) is 5.49. The lowest BCUT2D eigenvalue weighted by atomic mass is 10.3. The number of fused-ring (bicyclic) bond motifs is 1. The minimum absolute atomic E-state index is 0.192. The summed E-state index contributed by atoms with van der Waals surface area (Å²) in [5.41, 5.74) is 1.89. The highest BCUT2D eigenvalue weighted by atomic mass is 35.5. The fraction of sp³-hybridized carbons (Fsp3) is 0.263. The molecule has 130 valence electrons. The number of carbonyl (C=O) groups excluding carboxylic acids is 1. The van der Waals surface area contributed by atoms with Gasteiger partial charge in [-0.2, -0.15) is 0 Å². The molecule has 0 amide bonds. The number of hydrogen-bond donors (Lipinski definition) is 0. The third-order valence-corrected chi connectivity index (χ3v) is 5.01. The van der Waals surface area contributed by atoms with Crippen LogP contribution in [0.4, 0.5) is 0 Å². The van der Waals surface area contributed by atoms with E-state index in [4.69, 9.17) is 16.3 Å². The maximum absolute atomic E-state index is 11.9. The predicted molar refractivity (Wildman–Crippen MR) is 103 cm³/mol. The van der Waals surface area contributed by atoms with Crippen LogP contribution < -0.4 is 4.74 Å². The van der Waals surface area contributed by atoms with Crippen LogP contribution in [0.15, 0.2) is 53.7 Å². The van der Waals surface area contributed by atoms with Crippen molar-refractivity contribution in [1.82, 2.24) is 9.55 Å². The number of imidazole rings is 1. The van der Waals surface area contributed by atoms with Crippen LogP contribution in [0.5, 0.6) is 5.75 Å². The van der Waals surface area contributed by atoms with E-state index in [1.807, 2.05) is 54.0 Å². The van der Waals surface area contributed by atoms with Crippen LogP contribution in [-0.2, 0) is 11.3 Å². The fourth-order valence-corrected chi connectivity index (χ4v) is 3.47. The first-order valence-electron chi connectivity index (χ1n) is 8.16. The van der Waals surface area contributed by atoms with E-state index in [0.29, 0.717) is 30.3 Å². The average Bonchev–Trinajstić information content (AvgIpc) is 2.97. The number of aromatic nitrogens is 2. The third kappa shape index (κ3) is 4.35. The molecule has 0 aliphatic heterocycles. The Kier molecular flexibility index (Phi) is 6.00. The second kappa shape index (κ2) is 8.41. The van der Waals surface area contributed by atoms with E-state index < -0.39 is 0 Å². The number of thioether (sulfide) groups is 1. The number of ketones is 1. The van der Waals surface area contributed by atoms with Gasteiger partial charge in [-0.15, -0.1) is 0 Å². The normalized spacial score (nSPS) is 11.0. The molecule has 2 aromatic carbocycles. The number of benzene rings is 2. The van der Waals surface area contributed by atoms with Gasteiger partial charge in [0.25, 0.3) is 0 Å². The van der Waals surface area contributed by atoms with E-state index in [1.54, 1.807) is 17.8 Å². The third-order valence-electron chi connectivity index (χ3n) is 3.76. The van der Waals surface area contributed by atoms with Crippen molar-refractivity contribution in [3.05, 3.63) is 53.6 Å². The molecule has 0 aliphatic rings. The molecule has 0 fully saturated rings.